The molecule has 0 unspecified atom stereocenters. The number of hydrogen-bond acceptors (Lipinski definition) is 3. The second kappa shape index (κ2) is 8.84. The molecule has 33 heavy (non-hydrogen) atoms. The van der Waals surface area contributed by atoms with Gasteiger partial charge < -0.3 is 4.57 Å². The molecule has 0 bridgehead atoms. The maximum atomic E-state index is 13.4. The molecule has 0 aliphatic rings. The van der Waals surface area contributed by atoms with Crippen molar-refractivity contribution in [3.63, 3.8) is 0 Å². The SMILES string of the molecule is O=c1cc(C(F)(F)F)c2ccccc2n1Cc1ccc(S(=O)(=O)NCc2ccccc2)cc1. The lowest BCUT2D eigenvalue weighted by atomic mass is 10.1. The van der Waals surface area contributed by atoms with E-state index in [1.165, 1.54) is 47.0 Å². The predicted octanol–water partition coefficient (Wildman–Crippen LogP) is 4.55. The van der Waals surface area contributed by atoms with Gasteiger partial charge >= 0.3 is 6.18 Å². The number of hydrogen-bond donors (Lipinski definition) is 1. The average molecular weight is 472 g/mol. The Hall–Kier alpha value is -3.43. The van der Waals surface area contributed by atoms with Crippen molar-refractivity contribution in [3.05, 3.63) is 112 Å². The van der Waals surface area contributed by atoms with Crippen LogP contribution in [0, 0.1) is 0 Å². The first-order valence-electron chi connectivity index (χ1n) is 9.97. The summed E-state index contributed by atoms with van der Waals surface area (Å²) in [7, 11) is -3.76. The van der Waals surface area contributed by atoms with E-state index >= 15 is 0 Å². The number of alkyl halides is 3. The molecule has 3 aromatic carbocycles. The summed E-state index contributed by atoms with van der Waals surface area (Å²) >= 11 is 0. The smallest absolute Gasteiger partial charge is 0.304 e. The average Bonchev–Trinajstić information content (AvgIpc) is 2.80. The Bertz CT molecular complexity index is 1450. The molecule has 4 rings (SSSR count). The number of nitrogens with one attached hydrogen (secondary N) is 1. The second-order valence-electron chi connectivity index (χ2n) is 7.45. The Kier molecular flexibility index (Phi) is 6.09. The fraction of sp³-hybridized carbons (Fsp3) is 0.125. The third kappa shape index (κ3) is 4.99. The normalized spacial score (nSPS) is 12.2. The first-order valence-corrected chi connectivity index (χ1v) is 11.5. The number of rotatable bonds is 6. The Balaban J connectivity index is 1.60. The topological polar surface area (TPSA) is 68.2 Å². The fourth-order valence-electron chi connectivity index (χ4n) is 3.55. The van der Waals surface area contributed by atoms with E-state index in [-0.39, 0.29) is 28.9 Å². The molecule has 0 fully saturated rings. The van der Waals surface area contributed by atoms with Crippen LogP contribution in [0.1, 0.15) is 16.7 Å². The molecule has 1 N–H and O–H groups in total. The molecular weight excluding hydrogens is 453 g/mol. The molecule has 5 nitrogen and oxygen atoms in total. The van der Waals surface area contributed by atoms with Crippen LogP contribution in [0.25, 0.3) is 10.9 Å². The molecule has 1 aromatic heterocycles. The van der Waals surface area contributed by atoms with Crippen molar-refractivity contribution < 1.29 is 21.6 Å². The van der Waals surface area contributed by atoms with Gasteiger partial charge in [-0.1, -0.05) is 60.7 Å². The highest BCUT2D eigenvalue weighted by Crippen LogP contribution is 2.33. The summed E-state index contributed by atoms with van der Waals surface area (Å²) in [6.45, 7) is 0.132. The quantitative estimate of drug-likeness (QED) is 0.448. The molecule has 0 aliphatic carbocycles. The van der Waals surface area contributed by atoms with Gasteiger partial charge in [-0.3, -0.25) is 4.79 Å². The predicted molar refractivity (Wildman–Crippen MR) is 119 cm³/mol. The van der Waals surface area contributed by atoms with Gasteiger partial charge in [0.15, 0.2) is 0 Å². The monoisotopic (exact) mass is 472 g/mol. The van der Waals surface area contributed by atoms with Gasteiger partial charge in [-0.25, -0.2) is 13.1 Å². The summed E-state index contributed by atoms with van der Waals surface area (Å²) in [5.41, 5.74) is -0.235. The molecule has 0 spiro atoms. The van der Waals surface area contributed by atoms with Gasteiger partial charge in [-0.2, -0.15) is 13.2 Å². The first-order chi connectivity index (χ1) is 15.6. The summed E-state index contributed by atoms with van der Waals surface area (Å²) in [5.74, 6) is 0. The Labute approximate surface area is 188 Å². The summed E-state index contributed by atoms with van der Waals surface area (Å²) in [4.78, 5) is 12.6. The molecule has 0 radical (unpaired) electrons. The van der Waals surface area contributed by atoms with Crippen LogP contribution < -0.4 is 10.3 Å². The molecule has 170 valence electrons. The maximum Gasteiger partial charge on any atom is 0.417 e. The van der Waals surface area contributed by atoms with Gasteiger partial charge in [0.1, 0.15) is 0 Å². The van der Waals surface area contributed by atoms with Crippen molar-refractivity contribution in [3.8, 4) is 0 Å². The van der Waals surface area contributed by atoms with Crippen LogP contribution in [0.15, 0.2) is 94.6 Å². The van der Waals surface area contributed by atoms with Gasteiger partial charge in [0.25, 0.3) is 5.56 Å². The van der Waals surface area contributed by atoms with E-state index in [1.807, 2.05) is 18.2 Å². The Morgan fingerprint density at radius 1 is 0.818 bits per heavy atom. The van der Waals surface area contributed by atoms with Gasteiger partial charge in [0.2, 0.25) is 10.0 Å². The first kappa shape index (κ1) is 22.8. The van der Waals surface area contributed by atoms with Crippen LogP contribution in [0.2, 0.25) is 0 Å². The summed E-state index contributed by atoms with van der Waals surface area (Å²) < 4.78 is 69.0. The van der Waals surface area contributed by atoms with E-state index in [1.54, 1.807) is 18.2 Å². The lowest BCUT2D eigenvalue weighted by molar-refractivity contribution is -0.136. The Morgan fingerprint density at radius 3 is 2.12 bits per heavy atom. The molecule has 0 saturated carbocycles. The van der Waals surface area contributed by atoms with Crippen LogP contribution in [-0.4, -0.2) is 13.0 Å². The highest BCUT2D eigenvalue weighted by atomic mass is 32.2. The molecule has 1 heterocycles. The van der Waals surface area contributed by atoms with Crippen molar-refractivity contribution in [2.24, 2.45) is 0 Å². The van der Waals surface area contributed by atoms with Crippen molar-refractivity contribution >= 4 is 20.9 Å². The van der Waals surface area contributed by atoms with Gasteiger partial charge in [-0.05, 0) is 29.3 Å². The summed E-state index contributed by atoms with van der Waals surface area (Å²) in [6.07, 6.45) is -4.65. The van der Waals surface area contributed by atoms with Gasteiger partial charge in [0, 0.05) is 18.0 Å². The molecular formula is C24H19F3N2O3S. The molecule has 0 aliphatic heterocycles. The number of sulfonamides is 1. The van der Waals surface area contributed by atoms with Crippen LogP contribution in [-0.2, 0) is 29.3 Å². The minimum Gasteiger partial charge on any atom is -0.304 e. The molecule has 9 heteroatoms. The third-order valence-corrected chi connectivity index (χ3v) is 6.62. The number of nitrogens with zero attached hydrogens (tertiary/aromatic N) is 1. The zero-order chi connectivity index (χ0) is 23.6. The third-order valence-electron chi connectivity index (χ3n) is 5.21. The molecule has 0 amide bonds. The van der Waals surface area contributed by atoms with Gasteiger partial charge in [-0.15, -0.1) is 0 Å². The van der Waals surface area contributed by atoms with E-state index in [4.69, 9.17) is 0 Å². The number of para-hydroxylation sites is 1. The van der Waals surface area contributed by atoms with Crippen LogP contribution in [0.4, 0.5) is 13.2 Å². The van der Waals surface area contributed by atoms with E-state index in [9.17, 15) is 26.4 Å². The fourth-order valence-corrected chi connectivity index (χ4v) is 4.56. The molecule has 0 atom stereocenters. The number of fused-ring (bicyclic) bond motifs is 1. The molecule has 4 aromatic rings. The van der Waals surface area contributed by atoms with E-state index in [0.29, 0.717) is 11.6 Å². The number of benzene rings is 3. The number of halogens is 3. The largest absolute Gasteiger partial charge is 0.417 e. The van der Waals surface area contributed by atoms with Crippen LogP contribution >= 0.6 is 0 Å². The number of pyridine rings is 1. The summed E-state index contributed by atoms with van der Waals surface area (Å²) in [5, 5.41) is -0.0751. The van der Waals surface area contributed by atoms with Crippen molar-refractivity contribution in [2.75, 3.05) is 0 Å². The standard InChI is InChI=1S/C24H19F3N2O3S/c25-24(26,27)21-14-23(30)29(22-9-5-4-8-20(21)22)16-18-10-12-19(13-11-18)33(31,32)28-15-17-6-2-1-3-7-17/h1-14,28H,15-16H2. The zero-order valence-electron chi connectivity index (χ0n) is 17.2. The zero-order valence-corrected chi connectivity index (χ0v) is 18.0. The maximum absolute atomic E-state index is 13.4. The van der Waals surface area contributed by atoms with E-state index < -0.39 is 27.3 Å². The highest BCUT2D eigenvalue weighted by molar-refractivity contribution is 7.89. The van der Waals surface area contributed by atoms with Crippen molar-refractivity contribution in [1.82, 2.24) is 9.29 Å². The molecule has 0 saturated heterocycles. The van der Waals surface area contributed by atoms with Gasteiger partial charge in [0.05, 0.1) is 22.5 Å². The van der Waals surface area contributed by atoms with E-state index in [2.05, 4.69) is 4.72 Å². The van der Waals surface area contributed by atoms with Crippen molar-refractivity contribution in [2.45, 2.75) is 24.2 Å². The van der Waals surface area contributed by atoms with Crippen LogP contribution in [0.5, 0.6) is 0 Å². The highest BCUT2D eigenvalue weighted by Gasteiger charge is 2.33. The minimum absolute atomic E-state index is 0.00471. The van der Waals surface area contributed by atoms with Crippen LogP contribution in [0.3, 0.4) is 0 Å². The van der Waals surface area contributed by atoms with E-state index in [0.717, 1.165) is 5.56 Å². The number of aromatic nitrogens is 1. The minimum atomic E-state index is -4.65. The lowest BCUT2D eigenvalue weighted by Gasteiger charge is -2.15. The second-order valence-corrected chi connectivity index (χ2v) is 9.22. The lowest BCUT2D eigenvalue weighted by Crippen LogP contribution is -2.24. The van der Waals surface area contributed by atoms with Crippen molar-refractivity contribution in [1.29, 1.82) is 0 Å². The summed E-state index contributed by atoms with van der Waals surface area (Å²) in [6, 6.07) is 21.4. The Morgan fingerprint density at radius 2 is 1.45 bits per heavy atom.